The summed E-state index contributed by atoms with van der Waals surface area (Å²) in [6.45, 7) is 2.29. The van der Waals surface area contributed by atoms with Crippen molar-refractivity contribution in [3.63, 3.8) is 0 Å². The van der Waals surface area contributed by atoms with Gasteiger partial charge in [-0.2, -0.15) is 0 Å². The SMILES string of the molecule is Brc1cccc(SC2CCNCC2)n1. The van der Waals surface area contributed by atoms with Gasteiger partial charge >= 0.3 is 0 Å². The number of pyridine rings is 1. The molecule has 1 aromatic rings. The molecule has 0 amide bonds. The molecule has 0 aromatic carbocycles. The Morgan fingerprint density at radius 3 is 2.86 bits per heavy atom. The summed E-state index contributed by atoms with van der Waals surface area (Å²) in [5.74, 6) is 0. The largest absolute Gasteiger partial charge is 0.317 e. The second kappa shape index (κ2) is 5.14. The fourth-order valence-electron chi connectivity index (χ4n) is 1.54. The zero-order chi connectivity index (χ0) is 9.80. The Bertz CT molecular complexity index is 300. The van der Waals surface area contributed by atoms with E-state index in [1.54, 1.807) is 0 Å². The molecule has 0 radical (unpaired) electrons. The summed E-state index contributed by atoms with van der Waals surface area (Å²) in [5, 5.41) is 5.23. The molecule has 14 heavy (non-hydrogen) atoms. The van der Waals surface area contributed by atoms with Gasteiger partial charge in [0.15, 0.2) is 0 Å². The van der Waals surface area contributed by atoms with Crippen LogP contribution < -0.4 is 5.32 Å². The van der Waals surface area contributed by atoms with Gasteiger partial charge in [0.1, 0.15) is 4.60 Å². The van der Waals surface area contributed by atoms with Crippen molar-refractivity contribution in [1.29, 1.82) is 0 Å². The van der Waals surface area contributed by atoms with Crippen molar-refractivity contribution in [2.75, 3.05) is 13.1 Å². The van der Waals surface area contributed by atoms with Gasteiger partial charge in [-0.3, -0.25) is 0 Å². The number of hydrogen-bond acceptors (Lipinski definition) is 3. The molecule has 0 aliphatic carbocycles. The number of nitrogens with one attached hydrogen (secondary N) is 1. The fraction of sp³-hybridized carbons (Fsp3) is 0.500. The van der Waals surface area contributed by atoms with Gasteiger partial charge in [0.2, 0.25) is 0 Å². The molecular weight excluding hydrogens is 260 g/mol. The molecular formula is C10H13BrN2S. The first-order valence-electron chi connectivity index (χ1n) is 4.84. The Morgan fingerprint density at radius 1 is 1.36 bits per heavy atom. The van der Waals surface area contributed by atoms with Gasteiger partial charge in [-0.05, 0) is 54.0 Å². The number of nitrogens with zero attached hydrogens (tertiary/aromatic N) is 1. The topological polar surface area (TPSA) is 24.9 Å². The first-order chi connectivity index (χ1) is 6.84. The van der Waals surface area contributed by atoms with E-state index in [2.05, 4.69) is 32.3 Å². The molecule has 4 heteroatoms. The van der Waals surface area contributed by atoms with Crippen molar-refractivity contribution in [3.8, 4) is 0 Å². The zero-order valence-electron chi connectivity index (χ0n) is 7.87. The molecule has 0 atom stereocenters. The van der Waals surface area contributed by atoms with E-state index in [-0.39, 0.29) is 0 Å². The lowest BCUT2D eigenvalue weighted by Gasteiger charge is -2.21. The van der Waals surface area contributed by atoms with Crippen LogP contribution in [-0.4, -0.2) is 23.3 Å². The van der Waals surface area contributed by atoms with E-state index >= 15 is 0 Å². The highest BCUT2D eigenvalue weighted by Gasteiger charge is 2.14. The highest BCUT2D eigenvalue weighted by atomic mass is 79.9. The minimum Gasteiger partial charge on any atom is -0.317 e. The Labute approximate surface area is 97.0 Å². The predicted octanol–water partition coefficient (Wildman–Crippen LogP) is 2.69. The molecule has 1 N–H and O–H groups in total. The molecule has 0 saturated carbocycles. The molecule has 2 rings (SSSR count). The van der Waals surface area contributed by atoms with Crippen LogP contribution in [-0.2, 0) is 0 Å². The van der Waals surface area contributed by atoms with Crippen molar-refractivity contribution in [1.82, 2.24) is 10.3 Å². The summed E-state index contributed by atoms with van der Waals surface area (Å²) in [4.78, 5) is 4.43. The number of thioether (sulfide) groups is 1. The van der Waals surface area contributed by atoms with Gasteiger partial charge < -0.3 is 5.32 Å². The maximum absolute atomic E-state index is 4.43. The van der Waals surface area contributed by atoms with Crippen LogP contribution in [0.1, 0.15) is 12.8 Å². The van der Waals surface area contributed by atoms with E-state index in [4.69, 9.17) is 0 Å². The minimum absolute atomic E-state index is 0.734. The van der Waals surface area contributed by atoms with Crippen molar-refractivity contribution >= 4 is 27.7 Å². The van der Waals surface area contributed by atoms with Crippen LogP contribution in [0.25, 0.3) is 0 Å². The highest BCUT2D eigenvalue weighted by Crippen LogP contribution is 2.27. The second-order valence-corrected chi connectivity index (χ2v) is 5.50. The van der Waals surface area contributed by atoms with Crippen molar-refractivity contribution in [2.45, 2.75) is 23.1 Å². The van der Waals surface area contributed by atoms with Gasteiger partial charge in [0, 0.05) is 5.25 Å². The van der Waals surface area contributed by atoms with Crippen molar-refractivity contribution in [2.24, 2.45) is 0 Å². The molecule has 2 heterocycles. The molecule has 0 spiro atoms. The average Bonchev–Trinajstić information content (AvgIpc) is 2.19. The van der Waals surface area contributed by atoms with E-state index in [1.807, 2.05) is 23.9 Å². The Balaban J connectivity index is 1.95. The third kappa shape index (κ3) is 2.97. The third-order valence-electron chi connectivity index (χ3n) is 2.26. The quantitative estimate of drug-likeness (QED) is 0.839. The summed E-state index contributed by atoms with van der Waals surface area (Å²) in [7, 11) is 0. The van der Waals surface area contributed by atoms with E-state index < -0.39 is 0 Å². The normalized spacial score (nSPS) is 18.4. The smallest absolute Gasteiger partial charge is 0.107 e. The van der Waals surface area contributed by atoms with Crippen LogP contribution in [0.4, 0.5) is 0 Å². The molecule has 76 valence electrons. The minimum atomic E-state index is 0.734. The lowest BCUT2D eigenvalue weighted by Crippen LogP contribution is -2.29. The summed E-state index contributed by atoms with van der Waals surface area (Å²) in [5.41, 5.74) is 0. The number of rotatable bonds is 2. The van der Waals surface area contributed by atoms with Crippen LogP contribution in [0.3, 0.4) is 0 Å². The van der Waals surface area contributed by atoms with Crippen LogP contribution in [0, 0.1) is 0 Å². The first kappa shape index (κ1) is 10.5. The summed E-state index contributed by atoms with van der Waals surface area (Å²) in [6, 6.07) is 6.09. The van der Waals surface area contributed by atoms with Gasteiger partial charge in [-0.15, -0.1) is 11.8 Å². The lowest BCUT2D eigenvalue weighted by atomic mass is 10.2. The Kier molecular flexibility index (Phi) is 3.84. The van der Waals surface area contributed by atoms with E-state index in [0.29, 0.717) is 0 Å². The molecule has 0 bridgehead atoms. The zero-order valence-corrected chi connectivity index (χ0v) is 10.3. The van der Waals surface area contributed by atoms with Gasteiger partial charge in [-0.25, -0.2) is 4.98 Å². The van der Waals surface area contributed by atoms with Gasteiger partial charge in [-0.1, -0.05) is 6.07 Å². The summed E-state index contributed by atoms with van der Waals surface area (Å²) >= 11 is 5.29. The average molecular weight is 273 g/mol. The Morgan fingerprint density at radius 2 is 2.14 bits per heavy atom. The fourth-order valence-corrected chi connectivity index (χ4v) is 3.12. The molecule has 1 fully saturated rings. The van der Waals surface area contributed by atoms with E-state index in [9.17, 15) is 0 Å². The predicted molar refractivity (Wildman–Crippen MR) is 63.7 cm³/mol. The van der Waals surface area contributed by atoms with Crippen LogP contribution in [0.15, 0.2) is 27.8 Å². The number of halogens is 1. The number of hydrogen-bond donors (Lipinski definition) is 1. The summed E-state index contributed by atoms with van der Waals surface area (Å²) < 4.78 is 0.927. The van der Waals surface area contributed by atoms with Crippen molar-refractivity contribution < 1.29 is 0 Å². The maximum atomic E-state index is 4.43. The number of aromatic nitrogens is 1. The first-order valence-corrected chi connectivity index (χ1v) is 6.52. The lowest BCUT2D eigenvalue weighted by molar-refractivity contribution is 0.531. The van der Waals surface area contributed by atoms with Crippen LogP contribution in [0.5, 0.6) is 0 Å². The summed E-state index contributed by atoms with van der Waals surface area (Å²) in [6.07, 6.45) is 2.50. The molecule has 1 aromatic heterocycles. The van der Waals surface area contributed by atoms with E-state index in [0.717, 1.165) is 28.0 Å². The van der Waals surface area contributed by atoms with Crippen LogP contribution >= 0.6 is 27.7 Å². The molecule has 2 nitrogen and oxygen atoms in total. The maximum Gasteiger partial charge on any atom is 0.107 e. The molecule has 1 saturated heterocycles. The standard InChI is InChI=1S/C10H13BrN2S/c11-9-2-1-3-10(13-9)14-8-4-6-12-7-5-8/h1-3,8,12H,4-7H2. The number of piperidine rings is 1. The molecule has 0 unspecified atom stereocenters. The van der Waals surface area contributed by atoms with Gasteiger partial charge in [0.25, 0.3) is 0 Å². The van der Waals surface area contributed by atoms with Gasteiger partial charge in [0.05, 0.1) is 5.03 Å². The second-order valence-electron chi connectivity index (χ2n) is 3.37. The Hall–Kier alpha value is -0.0600. The molecule has 1 aliphatic rings. The monoisotopic (exact) mass is 272 g/mol. The molecule has 1 aliphatic heterocycles. The van der Waals surface area contributed by atoms with Crippen molar-refractivity contribution in [3.05, 3.63) is 22.8 Å². The van der Waals surface area contributed by atoms with E-state index in [1.165, 1.54) is 12.8 Å². The third-order valence-corrected chi connectivity index (χ3v) is 3.98. The van der Waals surface area contributed by atoms with Crippen LogP contribution in [0.2, 0.25) is 0 Å². The highest BCUT2D eigenvalue weighted by molar-refractivity contribution is 9.10.